The number of rotatable bonds is 9. The van der Waals surface area contributed by atoms with E-state index in [1.54, 1.807) is 0 Å². The molecule has 0 radical (unpaired) electrons. The minimum atomic E-state index is 0. The Morgan fingerprint density at radius 2 is 1.88 bits per heavy atom. The van der Waals surface area contributed by atoms with E-state index in [1.165, 1.54) is 30.4 Å². The fourth-order valence-corrected chi connectivity index (χ4v) is 2.52. The first kappa shape index (κ1) is 21.5. The van der Waals surface area contributed by atoms with Crippen molar-refractivity contribution in [2.45, 2.75) is 46.2 Å². The van der Waals surface area contributed by atoms with E-state index in [4.69, 9.17) is 4.99 Å². The molecule has 1 heterocycles. The Morgan fingerprint density at radius 1 is 1.08 bits per heavy atom. The molecule has 2 rings (SSSR count). The van der Waals surface area contributed by atoms with Gasteiger partial charge in [-0.15, -0.1) is 24.0 Å². The molecule has 0 spiro atoms. The highest BCUT2D eigenvalue weighted by atomic mass is 127. The lowest BCUT2D eigenvalue weighted by Gasteiger charge is -2.12. The van der Waals surface area contributed by atoms with Gasteiger partial charge in [-0.25, -0.2) is 4.99 Å². The largest absolute Gasteiger partial charge is 0.357 e. The van der Waals surface area contributed by atoms with Crippen molar-refractivity contribution >= 4 is 29.9 Å². The maximum Gasteiger partial charge on any atom is 0.191 e. The van der Waals surface area contributed by atoms with Crippen LogP contribution in [0.5, 0.6) is 0 Å². The van der Waals surface area contributed by atoms with Crippen LogP contribution in [0.3, 0.4) is 0 Å². The zero-order valence-electron chi connectivity index (χ0n) is 15.2. The van der Waals surface area contributed by atoms with Gasteiger partial charge >= 0.3 is 0 Å². The van der Waals surface area contributed by atoms with Crippen molar-refractivity contribution in [3.63, 3.8) is 0 Å². The normalized spacial score (nSPS) is 11.0. The molecule has 1 aromatic heterocycles. The Labute approximate surface area is 168 Å². The molecule has 1 aromatic carbocycles. The minimum Gasteiger partial charge on any atom is -0.357 e. The van der Waals surface area contributed by atoms with Crippen molar-refractivity contribution in [3.8, 4) is 0 Å². The second-order valence-corrected chi connectivity index (χ2v) is 5.80. The summed E-state index contributed by atoms with van der Waals surface area (Å²) in [5, 5.41) is 11.0. The van der Waals surface area contributed by atoms with E-state index in [-0.39, 0.29) is 24.0 Å². The van der Waals surface area contributed by atoms with Gasteiger partial charge in [-0.05, 0) is 30.5 Å². The topological polar surface area (TPSA) is 54.2 Å². The van der Waals surface area contributed by atoms with Crippen LogP contribution in [0.4, 0.5) is 0 Å². The zero-order valence-corrected chi connectivity index (χ0v) is 17.6. The zero-order chi connectivity index (χ0) is 17.0. The van der Waals surface area contributed by atoms with E-state index in [2.05, 4.69) is 53.8 Å². The molecule has 0 amide bonds. The number of nitrogens with zero attached hydrogens (tertiary/aromatic N) is 3. The average molecular weight is 455 g/mol. The third-order valence-electron chi connectivity index (χ3n) is 3.83. The molecule has 0 saturated heterocycles. The molecule has 0 aliphatic heterocycles. The lowest BCUT2D eigenvalue weighted by Crippen LogP contribution is -2.37. The number of unbranched alkanes of at least 4 members (excludes halogenated alkanes) is 2. The average Bonchev–Trinajstić information content (AvgIpc) is 3.10. The summed E-state index contributed by atoms with van der Waals surface area (Å²) in [6.45, 7) is 7.59. The SMILES string of the molecule is CCCCCNC(=NCc1ccccc1Cn1cccn1)NCC.I. The van der Waals surface area contributed by atoms with E-state index >= 15 is 0 Å². The van der Waals surface area contributed by atoms with Crippen molar-refractivity contribution < 1.29 is 0 Å². The van der Waals surface area contributed by atoms with Crippen LogP contribution < -0.4 is 10.6 Å². The van der Waals surface area contributed by atoms with Crippen LogP contribution >= 0.6 is 24.0 Å². The van der Waals surface area contributed by atoms with Crippen molar-refractivity contribution in [1.29, 1.82) is 0 Å². The van der Waals surface area contributed by atoms with Gasteiger partial charge in [-0.2, -0.15) is 5.10 Å². The number of aliphatic imine (C=N–C) groups is 1. The molecule has 138 valence electrons. The molecule has 25 heavy (non-hydrogen) atoms. The number of hydrogen-bond acceptors (Lipinski definition) is 2. The molecule has 2 aromatic rings. The van der Waals surface area contributed by atoms with E-state index in [0.29, 0.717) is 6.54 Å². The monoisotopic (exact) mass is 455 g/mol. The van der Waals surface area contributed by atoms with E-state index < -0.39 is 0 Å². The predicted molar refractivity (Wildman–Crippen MR) is 116 cm³/mol. The number of hydrogen-bond donors (Lipinski definition) is 2. The number of aromatic nitrogens is 2. The highest BCUT2D eigenvalue weighted by Crippen LogP contribution is 2.11. The summed E-state index contributed by atoms with van der Waals surface area (Å²) in [6.07, 6.45) is 7.45. The molecular formula is C19H30IN5. The molecule has 0 atom stereocenters. The Bertz CT molecular complexity index is 610. The van der Waals surface area contributed by atoms with Crippen molar-refractivity contribution in [1.82, 2.24) is 20.4 Å². The number of guanidine groups is 1. The van der Waals surface area contributed by atoms with E-state index in [1.807, 2.05) is 23.1 Å². The molecule has 6 heteroatoms. The summed E-state index contributed by atoms with van der Waals surface area (Å²) in [5.74, 6) is 0.891. The Kier molecular flexibility index (Phi) is 10.9. The van der Waals surface area contributed by atoms with Crippen LogP contribution in [0, 0.1) is 0 Å². The van der Waals surface area contributed by atoms with Gasteiger partial charge < -0.3 is 10.6 Å². The summed E-state index contributed by atoms with van der Waals surface area (Å²) in [5.41, 5.74) is 2.49. The lowest BCUT2D eigenvalue weighted by molar-refractivity contribution is 0.677. The number of nitrogens with one attached hydrogen (secondary N) is 2. The molecule has 0 fully saturated rings. The summed E-state index contributed by atoms with van der Waals surface area (Å²) >= 11 is 0. The molecule has 0 aliphatic rings. The first-order chi connectivity index (χ1) is 11.8. The maximum atomic E-state index is 4.74. The smallest absolute Gasteiger partial charge is 0.191 e. The molecule has 0 unspecified atom stereocenters. The Balaban J connectivity index is 0.00000312. The molecule has 0 saturated carbocycles. The van der Waals surface area contributed by atoms with Gasteiger partial charge in [0.15, 0.2) is 5.96 Å². The third-order valence-corrected chi connectivity index (χ3v) is 3.83. The van der Waals surface area contributed by atoms with E-state index in [0.717, 1.165) is 25.6 Å². The fraction of sp³-hybridized carbons (Fsp3) is 0.474. The van der Waals surface area contributed by atoms with Crippen molar-refractivity contribution in [2.75, 3.05) is 13.1 Å². The second kappa shape index (κ2) is 12.7. The molecule has 2 N–H and O–H groups in total. The van der Waals surface area contributed by atoms with Crippen molar-refractivity contribution in [2.24, 2.45) is 4.99 Å². The first-order valence-electron chi connectivity index (χ1n) is 8.89. The highest BCUT2D eigenvalue weighted by molar-refractivity contribution is 14.0. The van der Waals surface area contributed by atoms with Gasteiger partial charge in [0.05, 0.1) is 13.1 Å². The van der Waals surface area contributed by atoms with Crippen LogP contribution in [-0.2, 0) is 13.1 Å². The third kappa shape index (κ3) is 7.90. The number of benzene rings is 1. The quantitative estimate of drug-likeness (QED) is 0.262. The summed E-state index contributed by atoms with van der Waals surface area (Å²) in [4.78, 5) is 4.74. The Hall–Kier alpha value is -1.57. The summed E-state index contributed by atoms with van der Waals surface area (Å²) in [6, 6.07) is 10.4. The van der Waals surface area contributed by atoms with Crippen LogP contribution in [-0.4, -0.2) is 28.8 Å². The van der Waals surface area contributed by atoms with Gasteiger partial charge in [-0.3, -0.25) is 4.68 Å². The van der Waals surface area contributed by atoms with Crippen LogP contribution in [0.2, 0.25) is 0 Å². The predicted octanol–water partition coefficient (Wildman–Crippen LogP) is 3.79. The summed E-state index contributed by atoms with van der Waals surface area (Å²) < 4.78 is 1.94. The van der Waals surface area contributed by atoms with Gasteiger partial charge in [-0.1, -0.05) is 44.0 Å². The van der Waals surface area contributed by atoms with E-state index in [9.17, 15) is 0 Å². The van der Waals surface area contributed by atoms with Gasteiger partial charge in [0, 0.05) is 25.5 Å². The minimum absolute atomic E-state index is 0. The maximum absolute atomic E-state index is 4.74. The highest BCUT2D eigenvalue weighted by Gasteiger charge is 2.03. The second-order valence-electron chi connectivity index (χ2n) is 5.80. The lowest BCUT2D eigenvalue weighted by atomic mass is 10.1. The number of halogens is 1. The standard InChI is InChI=1S/C19H29N5.HI/c1-3-5-8-12-21-19(20-4-2)22-15-17-10-6-7-11-18(17)16-24-14-9-13-23-24;/h6-7,9-11,13-14H,3-5,8,12,15-16H2,1-2H3,(H2,20,21,22);1H. The van der Waals surface area contributed by atoms with Crippen LogP contribution in [0.25, 0.3) is 0 Å². The molecular weight excluding hydrogens is 425 g/mol. The van der Waals surface area contributed by atoms with Gasteiger partial charge in [0.1, 0.15) is 0 Å². The first-order valence-corrected chi connectivity index (χ1v) is 8.89. The van der Waals surface area contributed by atoms with Crippen LogP contribution in [0.1, 0.15) is 44.2 Å². The molecule has 0 aliphatic carbocycles. The van der Waals surface area contributed by atoms with Crippen LogP contribution in [0.15, 0.2) is 47.7 Å². The van der Waals surface area contributed by atoms with Crippen molar-refractivity contribution in [3.05, 3.63) is 53.9 Å². The van der Waals surface area contributed by atoms with Gasteiger partial charge in [0.25, 0.3) is 0 Å². The van der Waals surface area contributed by atoms with Gasteiger partial charge in [0.2, 0.25) is 0 Å². The molecule has 0 bridgehead atoms. The molecule has 5 nitrogen and oxygen atoms in total. The summed E-state index contributed by atoms with van der Waals surface area (Å²) in [7, 11) is 0. The Morgan fingerprint density at radius 3 is 2.56 bits per heavy atom. The fourth-order valence-electron chi connectivity index (χ4n) is 2.52.